The van der Waals surface area contributed by atoms with Crippen molar-refractivity contribution >= 4 is 29.6 Å². The molecule has 2 heterocycles. The van der Waals surface area contributed by atoms with Crippen molar-refractivity contribution in [3.05, 3.63) is 30.4 Å². The smallest absolute Gasteiger partial charge is 0.408 e. The van der Waals surface area contributed by atoms with Crippen LogP contribution < -0.4 is 5.32 Å². The lowest BCUT2D eigenvalue weighted by molar-refractivity contribution is -0.139. The summed E-state index contributed by atoms with van der Waals surface area (Å²) in [6.45, 7) is 5.17. The molecule has 2 rings (SSSR count). The minimum atomic E-state index is -1.08. The van der Waals surface area contributed by atoms with Crippen LogP contribution in [-0.4, -0.2) is 48.9 Å². The number of thioether (sulfide) groups is 1. The molecule has 0 aliphatic rings. The van der Waals surface area contributed by atoms with Crippen molar-refractivity contribution in [1.82, 2.24) is 19.7 Å². The topological polar surface area (TPSA) is 106 Å². The Kier molecular flexibility index (Phi) is 6.24. The summed E-state index contributed by atoms with van der Waals surface area (Å²) in [5, 5.41) is 11.6. The van der Waals surface area contributed by atoms with Crippen molar-refractivity contribution < 1.29 is 19.4 Å². The Morgan fingerprint density at radius 2 is 2.20 bits per heavy atom. The number of carboxylic acids is 1. The largest absolute Gasteiger partial charge is 0.480 e. The first-order valence-electron chi connectivity index (χ1n) is 7.83. The van der Waals surface area contributed by atoms with Crippen LogP contribution in [0.4, 0.5) is 4.79 Å². The Bertz CT molecular complexity index is 708. The van der Waals surface area contributed by atoms with Crippen LogP contribution in [0, 0.1) is 0 Å². The van der Waals surface area contributed by atoms with Crippen molar-refractivity contribution in [1.29, 1.82) is 0 Å². The number of fused-ring (bicyclic) bond motifs is 1. The SMILES string of the molecule is CC(C)(C)OC(=O)NC(CCSCc1cn2cccnc2n1)C(=O)O. The fraction of sp³-hybridized carbons (Fsp3) is 0.500. The summed E-state index contributed by atoms with van der Waals surface area (Å²) in [5.74, 6) is 0.757. The van der Waals surface area contributed by atoms with E-state index in [-0.39, 0.29) is 0 Å². The normalized spacial score (nSPS) is 12.8. The molecule has 2 aromatic heterocycles. The number of amides is 1. The summed E-state index contributed by atoms with van der Waals surface area (Å²) in [7, 11) is 0. The van der Waals surface area contributed by atoms with E-state index in [9.17, 15) is 14.7 Å². The van der Waals surface area contributed by atoms with Crippen molar-refractivity contribution in [3.63, 3.8) is 0 Å². The van der Waals surface area contributed by atoms with E-state index >= 15 is 0 Å². The molecule has 1 atom stereocenters. The number of nitrogens with zero attached hydrogens (tertiary/aromatic N) is 3. The van der Waals surface area contributed by atoms with Gasteiger partial charge in [0.05, 0.1) is 5.69 Å². The Morgan fingerprint density at radius 3 is 2.84 bits per heavy atom. The van der Waals surface area contributed by atoms with Gasteiger partial charge in [0.15, 0.2) is 0 Å². The highest BCUT2D eigenvalue weighted by Gasteiger charge is 2.23. The highest BCUT2D eigenvalue weighted by atomic mass is 32.2. The molecule has 2 N–H and O–H groups in total. The van der Waals surface area contributed by atoms with Crippen LogP contribution in [-0.2, 0) is 15.3 Å². The molecule has 9 heteroatoms. The molecular formula is C16H22N4O4S. The van der Waals surface area contributed by atoms with Crippen LogP contribution in [0.15, 0.2) is 24.7 Å². The number of nitrogens with one attached hydrogen (secondary N) is 1. The first-order chi connectivity index (χ1) is 11.7. The maximum Gasteiger partial charge on any atom is 0.408 e. The number of carboxylic acid groups (broad SMARTS) is 1. The van der Waals surface area contributed by atoms with E-state index in [0.717, 1.165) is 5.69 Å². The zero-order chi connectivity index (χ0) is 18.4. The van der Waals surface area contributed by atoms with Gasteiger partial charge in [-0.1, -0.05) is 0 Å². The van der Waals surface area contributed by atoms with E-state index in [1.807, 2.05) is 22.9 Å². The summed E-state index contributed by atoms with van der Waals surface area (Å²) in [6.07, 6.45) is 5.01. The second kappa shape index (κ2) is 8.19. The highest BCUT2D eigenvalue weighted by molar-refractivity contribution is 7.98. The van der Waals surface area contributed by atoms with Gasteiger partial charge in [0, 0.05) is 24.3 Å². The second-order valence-electron chi connectivity index (χ2n) is 6.44. The lowest BCUT2D eigenvalue weighted by Crippen LogP contribution is -2.43. The van der Waals surface area contributed by atoms with Crippen molar-refractivity contribution in [3.8, 4) is 0 Å². The Morgan fingerprint density at radius 1 is 1.44 bits per heavy atom. The van der Waals surface area contributed by atoms with Gasteiger partial charge in [0.2, 0.25) is 5.78 Å². The molecule has 0 radical (unpaired) electrons. The van der Waals surface area contributed by atoms with Gasteiger partial charge in [-0.05, 0) is 39.0 Å². The van der Waals surface area contributed by atoms with E-state index in [0.29, 0.717) is 23.7 Å². The van der Waals surface area contributed by atoms with E-state index in [1.54, 1.807) is 38.7 Å². The van der Waals surface area contributed by atoms with Gasteiger partial charge in [0.25, 0.3) is 0 Å². The second-order valence-corrected chi connectivity index (χ2v) is 7.54. The maximum absolute atomic E-state index is 11.7. The van der Waals surface area contributed by atoms with Crippen molar-refractivity contribution in [2.24, 2.45) is 0 Å². The number of carbonyl (C=O) groups is 2. The fourth-order valence-electron chi connectivity index (χ4n) is 2.03. The average molecular weight is 366 g/mol. The number of aromatic nitrogens is 3. The van der Waals surface area contributed by atoms with E-state index < -0.39 is 23.7 Å². The van der Waals surface area contributed by atoms with Gasteiger partial charge in [-0.15, -0.1) is 0 Å². The lowest BCUT2D eigenvalue weighted by Gasteiger charge is -2.21. The van der Waals surface area contributed by atoms with Crippen LogP contribution in [0.5, 0.6) is 0 Å². The zero-order valence-corrected chi connectivity index (χ0v) is 15.2. The van der Waals surface area contributed by atoms with Crippen LogP contribution in [0.1, 0.15) is 32.9 Å². The first kappa shape index (κ1) is 19.0. The monoisotopic (exact) mass is 366 g/mol. The molecule has 0 bridgehead atoms. The number of ether oxygens (including phenoxy) is 1. The molecule has 0 saturated heterocycles. The van der Waals surface area contributed by atoms with Gasteiger partial charge in [-0.3, -0.25) is 4.40 Å². The molecule has 136 valence electrons. The number of hydrogen-bond acceptors (Lipinski definition) is 6. The van der Waals surface area contributed by atoms with Crippen LogP contribution in [0.2, 0.25) is 0 Å². The third-order valence-corrected chi connectivity index (χ3v) is 4.10. The molecule has 0 fully saturated rings. The van der Waals surface area contributed by atoms with E-state index in [4.69, 9.17) is 4.74 Å². The molecule has 0 aliphatic heterocycles. The number of rotatable bonds is 7. The Balaban J connectivity index is 1.79. The molecule has 8 nitrogen and oxygen atoms in total. The summed E-state index contributed by atoms with van der Waals surface area (Å²) in [4.78, 5) is 31.5. The Hall–Kier alpha value is -2.29. The summed E-state index contributed by atoms with van der Waals surface area (Å²) in [5.41, 5.74) is 0.203. The van der Waals surface area contributed by atoms with Gasteiger partial charge in [0.1, 0.15) is 11.6 Å². The van der Waals surface area contributed by atoms with Gasteiger partial charge in [-0.25, -0.2) is 19.6 Å². The van der Waals surface area contributed by atoms with Crippen molar-refractivity contribution in [2.75, 3.05) is 5.75 Å². The fourth-order valence-corrected chi connectivity index (χ4v) is 2.93. The van der Waals surface area contributed by atoms with Crippen molar-refractivity contribution in [2.45, 2.75) is 44.6 Å². The number of imidazole rings is 1. The van der Waals surface area contributed by atoms with Gasteiger partial charge in [-0.2, -0.15) is 11.8 Å². The summed E-state index contributed by atoms with van der Waals surface area (Å²) >= 11 is 1.55. The minimum Gasteiger partial charge on any atom is -0.480 e. The maximum atomic E-state index is 11.7. The van der Waals surface area contributed by atoms with Crippen LogP contribution in [0.3, 0.4) is 0 Å². The van der Waals surface area contributed by atoms with Crippen LogP contribution >= 0.6 is 11.8 Å². The standard InChI is InChI=1S/C16H22N4O4S/c1-16(2,3)24-15(23)19-12(13(21)22)5-8-25-10-11-9-20-7-4-6-17-14(20)18-11/h4,6-7,9,12H,5,8,10H2,1-3H3,(H,19,23)(H,21,22). The quantitative estimate of drug-likeness (QED) is 0.724. The van der Waals surface area contributed by atoms with Gasteiger partial charge >= 0.3 is 12.1 Å². The van der Waals surface area contributed by atoms with Gasteiger partial charge < -0.3 is 15.2 Å². The molecular weight excluding hydrogens is 344 g/mol. The predicted octanol–water partition coefficient (Wildman–Crippen LogP) is 2.33. The molecule has 25 heavy (non-hydrogen) atoms. The zero-order valence-electron chi connectivity index (χ0n) is 14.4. The molecule has 1 amide bonds. The third kappa shape index (κ3) is 6.26. The molecule has 0 saturated carbocycles. The average Bonchev–Trinajstić information content (AvgIpc) is 2.91. The van der Waals surface area contributed by atoms with Crippen LogP contribution in [0.25, 0.3) is 5.78 Å². The molecule has 0 spiro atoms. The highest BCUT2D eigenvalue weighted by Crippen LogP contribution is 2.14. The summed E-state index contributed by atoms with van der Waals surface area (Å²) in [6, 6.07) is 0.843. The number of aliphatic carboxylic acids is 1. The Labute approximate surface area is 150 Å². The molecule has 0 aliphatic carbocycles. The number of carbonyl (C=O) groups excluding carboxylic acids is 1. The summed E-state index contributed by atoms with van der Waals surface area (Å²) < 4.78 is 6.92. The number of alkyl carbamates (subject to hydrolysis) is 1. The molecule has 1 unspecified atom stereocenters. The lowest BCUT2D eigenvalue weighted by atomic mass is 10.2. The van der Waals surface area contributed by atoms with E-state index in [1.165, 1.54) is 0 Å². The predicted molar refractivity (Wildman–Crippen MR) is 94.6 cm³/mol. The first-order valence-corrected chi connectivity index (χ1v) is 8.99. The number of hydrogen-bond donors (Lipinski definition) is 2. The minimum absolute atomic E-state index is 0.296. The molecule has 0 aromatic carbocycles. The molecule has 2 aromatic rings. The third-order valence-electron chi connectivity index (χ3n) is 3.08. The van der Waals surface area contributed by atoms with E-state index in [2.05, 4.69) is 15.3 Å².